The van der Waals surface area contributed by atoms with Crippen LogP contribution in [0.4, 0.5) is 24.7 Å². The number of carbonyl (C=O) groups is 1. The number of amides is 1. The predicted molar refractivity (Wildman–Crippen MR) is 124 cm³/mol. The number of hydrogen-bond donors (Lipinski definition) is 1. The molecule has 184 valence electrons. The first-order valence-corrected chi connectivity index (χ1v) is 11.3. The van der Waals surface area contributed by atoms with Crippen molar-refractivity contribution in [3.63, 3.8) is 0 Å². The second kappa shape index (κ2) is 8.79. The molecule has 5 rings (SSSR count). The van der Waals surface area contributed by atoms with Crippen molar-refractivity contribution in [2.24, 2.45) is 0 Å². The van der Waals surface area contributed by atoms with Crippen LogP contribution in [0.3, 0.4) is 0 Å². The number of anilines is 2. The molecule has 0 radical (unpaired) electrons. The third kappa shape index (κ3) is 4.38. The number of alkyl halides is 3. The Balaban J connectivity index is 1.43. The van der Waals surface area contributed by atoms with Gasteiger partial charge in [0, 0.05) is 55.4 Å². The Morgan fingerprint density at radius 2 is 1.77 bits per heavy atom. The van der Waals surface area contributed by atoms with Crippen LogP contribution in [-0.4, -0.2) is 71.9 Å². The van der Waals surface area contributed by atoms with Crippen LogP contribution >= 0.6 is 0 Å². The molecule has 1 saturated heterocycles. The van der Waals surface area contributed by atoms with Crippen molar-refractivity contribution in [1.82, 2.24) is 14.9 Å². The van der Waals surface area contributed by atoms with Crippen molar-refractivity contribution >= 4 is 28.2 Å². The van der Waals surface area contributed by atoms with E-state index >= 15 is 0 Å². The number of hydrogen-bond acceptors (Lipinski definition) is 7. The lowest BCUT2D eigenvalue weighted by Crippen LogP contribution is -2.53. The van der Waals surface area contributed by atoms with E-state index in [1.165, 1.54) is 7.11 Å². The zero-order valence-electron chi connectivity index (χ0n) is 19.0. The summed E-state index contributed by atoms with van der Waals surface area (Å²) >= 11 is 0. The van der Waals surface area contributed by atoms with Gasteiger partial charge in [-0.2, -0.15) is 23.1 Å². The molecular formula is C24H24F3N5O3. The second-order valence-electron chi connectivity index (χ2n) is 8.59. The smallest absolute Gasteiger partial charge is 0.471 e. The van der Waals surface area contributed by atoms with Gasteiger partial charge in [0.05, 0.1) is 19.3 Å². The number of aromatic nitrogens is 2. The number of phenols is 1. The maximum Gasteiger partial charge on any atom is 0.471 e. The van der Waals surface area contributed by atoms with E-state index < -0.39 is 12.1 Å². The van der Waals surface area contributed by atoms with Gasteiger partial charge in [-0.3, -0.25) is 4.79 Å². The molecule has 0 saturated carbocycles. The Morgan fingerprint density at radius 3 is 2.49 bits per heavy atom. The summed E-state index contributed by atoms with van der Waals surface area (Å²) in [6, 6.07) is 11.5. The molecule has 3 heterocycles. The standard InChI is InChI=1S/C24H24F3N5O3/c1-35-23-28-19-14-32(20-13-16(33)12-15-4-2-3-5-17(15)20)7-6-18(19)21(29-23)30-8-10-31(11-9-30)22(34)24(25,26)27/h2-5,12-13,33H,6-11,14H2,1H3. The number of methoxy groups -OCH3 is 1. The van der Waals surface area contributed by atoms with Gasteiger partial charge in [-0.15, -0.1) is 0 Å². The SMILES string of the molecule is COc1nc2c(c(N3CCN(C(=O)C(F)(F)F)CC3)n1)CCN(c1cc(O)cc3ccccc13)C2. The van der Waals surface area contributed by atoms with E-state index in [-0.39, 0.29) is 37.9 Å². The molecule has 1 N–H and O–H groups in total. The van der Waals surface area contributed by atoms with Crippen LogP contribution in [0.2, 0.25) is 0 Å². The van der Waals surface area contributed by atoms with Crippen molar-refractivity contribution in [3.8, 4) is 11.8 Å². The van der Waals surface area contributed by atoms with Crippen LogP contribution in [0.1, 0.15) is 11.3 Å². The average molecular weight is 487 g/mol. The molecule has 0 spiro atoms. The van der Waals surface area contributed by atoms with Crippen LogP contribution < -0.4 is 14.5 Å². The van der Waals surface area contributed by atoms with Crippen molar-refractivity contribution in [3.05, 3.63) is 47.7 Å². The van der Waals surface area contributed by atoms with E-state index in [1.807, 2.05) is 29.2 Å². The summed E-state index contributed by atoms with van der Waals surface area (Å²) in [6.07, 6.45) is -4.26. The Kier molecular flexibility index (Phi) is 5.78. The molecule has 0 unspecified atom stereocenters. The predicted octanol–water partition coefficient (Wildman–Crippen LogP) is 3.12. The minimum Gasteiger partial charge on any atom is -0.508 e. The topological polar surface area (TPSA) is 82.0 Å². The van der Waals surface area contributed by atoms with E-state index in [4.69, 9.17) is 4.74 Å². The summed E-state index contributed by atoms with van der Waals surface area (Å²) in [5.41, 5.74) is 2.58. The van der Waals surface area contributed by atoms with Crippen LogP contribution in [0.15, 0.2) is 36.4 Å². The number of aromatic hydroxyl groups is 1. The van der Waals surface area contributed by atoms with E-state index in [0.29, 0.717) is 25.3 Å². The maximum absolute atomic E-state index is 12.8. The molecule has 0 aliphatic carbocycles. The molecule has 0 bridgehead atoms. The van der Waals surface area contributed by atoms with Crippen molar-refractivity contribution in [2.45, 2.75) is 19.1 Å². The monoisotopic (exact) mass is 487 g/mol. The van der Waals surface area contributed by atoms with E-state index in [9.17, 15) is 23.1 Å². The van der Waals surface area contributed by atoms with Crippen LogP contribution in [0.25, 0.3) is 10.8 Å². The molecule has 2 aliphatic rings. The lowest BCUT2D eigenvalue weighted by Gasteiger charge is -2.38. The number of benzene rings is 2. The fraction of sp³-hybridized carbons (Fsp3) is 0.375. The number of rotatable bonds is 3. The van der Waals surface area contributed by atoms with E-state index in [2.05, 4.69) is 14.9 Å². The summed E-state index contributed by atoms with van der Waals surface area (Å²) < 4.78 is 43.8. The molecule has 35 heavy (non-hydrogen) atoms. The van der Waals surface area contributed by atoms with Gasteiger partial charge in [0.1, 0.15) is 11.6 Å². The molecule has 0 atom stereocenters. The van der Waals surface area contributed by atoms with Gasteiger partial charge >= 0.3 is 18.1 Å². The normalized spacial score (nSPS) is 16.4. The molecule has 3 aromatic rings. The largest absolute Gasteiger partial charge is 0.508 e. The fourth-order valence-corrected chi connectivity index (χ4v) is 4.78. The van der Waals surface area contributed by atoms with Gasteiger partial charge < -0.3 is 24.5 Å². The number of phenolic OH excluding ortho intramolecular Hbond substituents is 1. The van der Waals surface area contributed by atoms with E-state index in [0.717, 1.165) is 32.6 Å². The number of halogens is 3. The Labute approximate surface area is 199 Å². The number of carbonyl (C=O) groups excluding carboxylic acids is 1. The zero-order valence-corrected chi connectivity index (χ0v) is 19.0. The molecule has 1 fully saturated rings. The quantitative estimate of drug-likeness (QED) is 0.608. The molecule has 8 nitrogen and oxygen atoms in total. The number of piperazine rings is 1. The molecule has 1 aromatic heterocycles. The van der Waals surface area contributed by atoms with Crippen molar-refractivity contribution in [1.29, 1.82) is 0 Å². The fourth-order valence-electron chi connectivity index (χ4n) is 4.78. The van der Waals surface area contributed by atoms with Gasteiger partial charge in [0.15, 0.2) is 0 Å². The van der Waals surface area contributed by atoms with Crippen molar-refractivity contribution in [2.75, 3.05) is 49.6 Å². The van der Waals surface area contributed by atoms with Gasteiger partial charge in [0.2, 0.25) is 0 Å². The van der Waals surface area contributed by atoms with E-state index in [1.54, 1.807) is 12.1 Å². The average Bonchev–Trinajstić information content (AvgIpc) is 2.86. The Bertz CT molecular complexity index is 1280. The number of nitrogens with zero attached hydrogens (tertiary/aromatic N) is 5. The first-order chi connectivity index (χ1) is 16.7. The third-order valence-corrected chi connectivity index (χ3v) is 6.48. The molecule has 2 aromatic carbocycles. The Morgan fingerprint density at radius 1 is 1.03 bits per heavy atom. The molecule has 11 heteroatoms. The zero-order chi connectivity index (χ0) is 24.7. The Hall–Kier alpha value is -3.76. The highest BCUT2D eigenvalue weighted by atomic mass is 19.4. The first kappa shape index (κ1) is 23.0. The lowest BCUT2D eigenvalue weighted by molar-refractivity contribution is -0.185. The van der Waals surface area contributed by atoms with Crippen LogP contribution in [-0.2, 0) is 17.8 Å². The molecular weight excluding hydrogens is 463 g/mol. The highest BCUT2D eigenvalue weighted by molar-refractivity contribution is 5.95. The second-order valence-corrected chi connectivity index (χ2v) is 8.59. The van der Waals surface area contributed by atoms with Crippen LogP contribution in [0, 0.1) is 0 Å². The van der Waals surface area contributed by atoms with Crippen molar-refractivity contribution < 1.29 is 27.8 Å². The van der Waals surface area contributed by atoms with Gasteiger partial charge in [-0.1, -0.05) is 24.3 Å². The third-order valence-electron chi connectivity index (χ3n) is 6.48. The van der Waals surface area contributed by atoms with Crippen LogP contribution in [0.5, 0.6) is 11.8 Å². The molecule has 1 amide bonds. The molecule has 2 aliphatic heterocycles. The number of fused-ring (bicyclic) bond motifs is 2. The lowest BCUT2D eigenvalue weighted by atomic mass is 10.0. The summed E-state index contributed by atoms with van der Waals surface area (Å²) in [6.45, 7) is 1.49. The van der Waals surface area contributed by atoms with Gasteiger partial charge in [-0.25, -0.2) is 0 Å². The summed E-state index contributed by atoms with van der Waals surface area (Å²) in [5, 5.41) is 12.2. The van der Waals surface area contributed by atoms with Gasteiger partial charge in [-0.05, 0) is 17.9 Å². The first-order valence-electron chi connectivity index (χ1n) is 11.3. The minimum absolute atomic E-state index is 0.0408. The highest BCUT2D eigenvalue weighted by Crippen LogP contribution is 2.36. The maximum atomic E-state index is 12.8. The summed E-state index contributed by atoms with van der Waals surface area (Å²) in [4.78, 5) is 25.5. The summed E-state index contributed by atoms with van der Waals surface area (Å²) in [5.74, 6) is -1.00. The number of ether oxygens (including phenoxy) is 1. The van der Waals surface area contributed by atoms with Gasteiger partial charge in [0.25, 0.3) is 0 Å². The minimum atomic E-state index is -4.88. The highest BCUT2D eigenvalue weighted by Gasteiger charge is 2.43. The summed E-state index contributed by atoms with van der Waals surface area (Å²) in [7, 11) is 1.47.